The summed E-state index contributed by atoms with van der Waals surface area (Å²) in [5.74, 6) is 0. The van der Waals surface area contributed by atoms with Crippen molar-refractivity contribution in [2.45, 2.75) is 56.9 Å². The maximum absolute atomic E-state index is 10.3. The first-order valence-corrected chi connectivity index (χ1v) is 12.6. The van der Waals surface area contributed by atoms with E-state index in [9.17, 15) is 5.11 Å². The molecular weight excluding hydrogens is 432 g/mol. The van der Waals surface area contributed by atoms with E-state index < -0.39 is 0 Å². The van der Waals surface area contributed by atoms with Gasteiger partial charge in [-0.05, 0) is 54.7 Å². The monoisotopic (exact) mass is 460 g/mol. The summed E-state index contributed by atoms with van der Waals surface area (Å²) < 4.78 is 9.22. The van der Waals surface area contributed by atoms with Crippen LogP contribution in [0.15, 0.2) is 54.9 Å². The number of rotatable bonds is 5. The predicted molar refractivity (Wildman–Crippen MR) is 133 cm³/mol. The van der Waals surface area contributed by atoms with Crippen molar-refractivity contribution in [1.29, 1.82) is 0 Å². The molecule has 1 saturated carbocycles. The molecule has 3 unspecified atom stereocenters. The van der Waals surface area contributed by atoms with Crippen molar-refractivity contribution in [3.63, 3.8) is 0 Å². The van der Waals surface area contributed by atoms with Gasteiger partial charge in [-0.25, -0.2) is 9.97 Å². The summed E-state index contributed by atoms with van der Waals surface area (Å²) in [7, 11) is 0. The Kier molecular flexibility index (Phi) is 5.62. The molecule has 2 aromatic heterocycles. The topological polar surface area (TPSA) is 72.2 Å². The van der Waals surface area contributed by atoms with Crippen LogP contribution in [0.1, 0.15) is 49.3 Å². The van der Waals surface area contributed by atoms with Crippen LogP contribution in [0.2, 0.25) is 0 Å². The van der Waals surface area contributed by atoms with Crippen LogP contribution in [0.3, 0.4) is 0 Å². The zero-order valence-corrected chi connectivity index (χ0v) is 19.3. The van der Waals surface area contributed by atoms with E-state index in [0.717, 1.165) is 65.0 Å². The van der Waals surface area contributed by atoms with Crippen LogP contribution >= 0.6 is 11.3 Å². The minimum Gasteiger partial charge on any atom is -0.391 e. The average Bonchev–Trinajstić information content (AvgIpc) is 3.44. The quantitative estimate of drug-likeness (QED) is 0.389. The smallest absolute Gasteiger partial charge is 0.184 e. The molecule has 0 radical (unpaired) electrons. The SMILES string of the molecule is OC1CCCCC1Nc1nc2ccc(Cn3cnc4cc(C5CC=CCO5)ccc43)cc2s1. The van der Waals surface area contributed by atoms with Gasteiger partial charge in [0.2, 0.25) is 0 Å². The fourth-order valence-corrected chi connectivity index (χ4v) is 5.92. The maximum atomic E-state index is 10.3. The van der Waals surface area contributed by atoms with Gasteiger partial charge in [0.15, 0.2) is 5.13 Å². The van der Waals surface area contributed by atoms with E-state index in [1.807, 2.05) is 6.33 Å². The summed E-state index contributed by atoms with van der Waals surface area (Å²) >= 11 is 1.66. The largest absolute Gasteiger partial charge is 0.391 e. The molecule has 1 fully saturated rings. The molecule has 170 valence electrons. The van der Waals surface area contributed by atoms with Crippen molar-refractivity contribution in [3.8, 4) is 0 Å². The summed E-state index contributed by atoms with van der Waals surface area (Å²) in [4.78, 5) is 9.40. The third kappa shape index (κ3) is 4.28. The number of aliphatic hydroxyl groups is 1. The molecule has 33 heavy (non-hydrogen) atoms. The molecule has 1 aliphatic carbocycles. The maximum Gasteiger partial charge on any atom is 0.184 e. The standard InChI is InChI=1S/C26H28N4O2S/c31-23-6-2-1-5-19(23)28-26-29-20-10-8-17(13-25(20)33-26)15-30-16-27-21-14-18(9-11-22(21)30)24-7-3-4-12-32-24/h3-4,8-11,13-14,16,19,23-24,31H,1-2,5-7,12,15H2,(H,28,29). The van der Waals surface area contributed by atoms with Crippen LogP contribution in [-0.4, -0.2) is 38.4 Å². The lowest BCUT2D eigenvalue weighted by molar-refractivity contribution is 0.0678. The number of fused-ring (bicyclic) bond motifs is 2. The first-order valence-electron chi connectivity index (χ1n) is 11.8. The minimum absolute atomic E-state index is 0.107. The Hall–Kier alpha value is -2.74. The molecule has 3 atom stereocenters. The number of hydrogen-bond donors (Lipinski definition) is 2. The fraction of sp³-hybridized carbons (Fsp3) is 0.385. The van der Waals surface area contributed by atoms with Gasteiger partial charge in [0.1, 0.15) is 0 Å². The molecule has 1 aliphatic heterocycles. The molecule has 6 nitrogen and oxygen atoms in total. The zero-order chi connectivity index (χ0) is 22.2. The van der Waals surface area contributed by atoms with Gasteiger partial charge in [0.05, 0.1) is 52.4 Å². The lowest BCUT2D eigenvalue weighted by Gasteiger charge is -2.27. The highest BCUT2D eigenvalue weighted by molar-refractivity contribution is 7.22. The Labute approximate surface area is 196 Å². The summed E-state index contributed by atoms with van der Waals surface area (Å²) in [6, 6.07) is 13.0. The lowest BCUT2D eigenvalue weighted by Crippen LogP contribution is -2.36. The number of imidazole rings is 1. The van der Waals surface area contributed by atoms with E-state index in [2.05, 4.69) is 63.4 Å². The fourth-order valence-electron chi connectivity index (χ4n) is 4.93. The van der Waals surface area contributed by atoms with Gasteiger partial charge < -0.3 is 19.7 Å². The van der Waals surface area contributed by atoms with E-state index in [-0.39, 0.29) is 18.2 Å². The normalized spacial score (nSPS) is 23.4. The molecule has 4 aromatic rings. The third-order valence-corrected chi connectivity index (χ3v) is 7.72. The van der Waals surface area contributed by atoms with Gasteiger partial charge in [0.25, 0.3) is 0 Å². The highest BCUT2D eigenvalue weighted by atomic mass is 32.1. The number of aromatic nitrogens is 3. The van der Waals surface area contributed by atoms with Crippen molar-refractivity contribution in [1.82, 2.24) is 14.5 Å². The second-order valence-electron chi connectivity index (χ2n) is 9.07. The first-order chi connectivity index (χ1) is 16.2. The molecule has 0 spiro atoms. The van der Waals surface area contributed by atoms with E-state index >= 15 is 0 Å². The molecule has 7 heteroatoms. The highest BCUT2D eigenvalue weighted by Crippen LogP contribution is 2.31. The Morgan fingerprint density at radius 1 is 1.09 bits per heavy atom. The van der Waals surface area contributed by atoms with Crippen molar-refractivity contribution in [2.75, 3.05) is 11.9 Å². The van der Waals surface area contributed by atoms with Crippen LogP contribution in [0.4, 0.5) is 5.13 Å². The van der Waals surface area contributed by atoms with Gasteiger partial charge in [-0.1, -0.05) is 48.5 Å². The van der Waals surface area contributed by atoms with Crippen molar-refractivity contribution in [3.05, 3.63) is 66.0 Å². The van der Waals surface area contributed by atoms with Gasteiger partial charge in [-0.2, -0.15) is 0 Å². The lowest BCUT2D eigenvalue weighted by atomic mass is 9.93. The number of aliphatic hydroxyl groups excluding tert-OH is 1. The number of thiazole rings is 1. The van der Waals surface area contributed by atoms with Crippen molar-refractivity contribution >= 4 is 37.7 Å². The molecule has 0 bridgehead atoms. The molecule has 2 aliphatic rings. The van der Waals surface area contributed by atoms with Crippen LogP contribution in [0.25, 0.3) is 21.3 Å². The summed E-state index contributed by atoms with van der Waals surface area (Å²) in [6.45, 7) is 1.44. The second kappa shape index (κ2) is 8.89. The Morgan fingerprint density at radius 2 is 2.03 bits per heavy atom. The molecule has 0 saturated heterocycles. The number of nitrogens with zero attached hydrogens (tertiary/aromatic N) is 3. The molecule has 2 aromatic carbocycles. The second-order valence-corrected chi connectivity index (χ2v) is 10.1. The van der Waals surface area contributed by atoms with E-state index in [1.165, 1.54) is 11.1 Å². The number of benzene rings is 2. The number of hydrogen-bond acceptors (Lipinski definition) is 6. The number of ether oxygens (including phenoxy) is 1. The summed E-state index contributed by atoms with van der Waals surface area (Å²) in [5.41, 5.74) is 5.54. The Balaban J connectivity index is 1.21. The van der Waals surface area contributed by atoms with Gasteiger partial charge in [-0.15, -0.1) is 0 Å². The van der Waals surface area contributed by atoms with Crippen LogP contribution in [0, 0.1) is 0 Å². The van der Waals surface area contributed by atoms with Crippen LogP contribution in [-0.2, 0) is 11.3 Å². The van der Waals surface area contributed by atoms with E-state index in [0.29, 0.717) is 6.61 Å². The molecule has 3 heterocycles. The van der Waals surface area contributed by atoms with Gasteiger partial charge in [-0.3, -0.25) is 0 Å². The predicted octanol–water partition coefficient (Wildman–Crippen LogP) is 5.43. The number of nitrogens with one attached hydrogen (secondary N) is 1. The van der Waals surface area contributed by atoms with Gasteiger partial charge >= 0.3 is 0 Å². The zero-order valence-electron chi connectivity index (χ0n) is 18.5. The molecule has 0 amide bonds. The molecule has 2 N–H and O–H groups in total. The average molecular weight is 461 g/mol. The van der Waals surface area contributed by atoms with Crippen molar-refractivity contribution < 1.29 is 9.84 Å². The summed E-state index contributed by atoms with van der Waals surface area (Å²) in [5, 5.41) is 14.6. The summed E-state index contributed by atoms with van der Waals surface area (Å²) in [6.07, 6.45) is 11.1. The van der Waals surface area contributed by atoms with E-state index in [4.69, 9.17) is 9.72 Å². The van der Waals surface area contributed by atoms with Crippen molar-refractivity contribution in [2.24, 2.45) is 0 Å². The van der Waals surface area contributed by atoms with Crippen LogP contribution < -0.4 is 5.32 Å². The van der Waals surface area contributed by atoms with Gasteiger partial charge in [0, 0.05) is 6.54 Å². The van der Waals surface area contributed by atoms with Crippen LogP contribution in [0.5, 0.6) is 0 Å². The highest BCUT2D eigenvalue weighted by Gasteiger charge is 2.23. The minimum atomic E-state index is -0.280. The number of anilines is 1. The first kappa shape index (κ1) is 20.8. The Morgan fingerprint density at radius 3 is 2.91 bits per heavy atom. The van der Waals surface area contributed by atoms with E-state index in [1.54, 1.807) is 11.3 Å². The Bertz CT molecular complexity index is 1310. The molecular formula is C26H28N4O2S. The third-order valence-electron chi connectivity index (χ3n) is 6.77. The molecule has 6 rings (SSSR count).